The molecule has 1 rings (SSSR count). The van der Waals surface area contributed by atoms with E-state index in [9.17, 15) is 0 Å². The van der Waals surface area contributed by atoms with Gasteiger partial charge in [0.1, 0.15) is 6.10 Å². The molecule has 1 atom stereocenters. The second kappa shape index (κ2) is 4.58. The van der Waals surface area contributed by atoms with Gasteiger partial charge in [0.05, 0.1) is 19.2 Å². The van der Waals surface area contributed by atoms with E-state index in [1.54, 1.807) is 0 Å². The van der Waals surface area contributed by atoms with E-state index in [2.05, 4.69) is 4.99 Å². The molecule has 0 radical (unpaired) electrons. The largest absolute Gasteiger partial charge is 0.348 e. The highest BCUT2D eigenvalue weighted by molar-refractivity contribution is 5.85. The van der Waals surface area contributed by atoms with Gasteiger partial charge in [0.2, 0.25) is 0 Å². The van der Waals surface area contributed by atoms with E-state index in [0.717, 1.165) is 0 Å². The standard InChI is InChI=1S/C7H12N2O2.ClH/c1-7(2)10-4-6(11-7)3-9-5-8;/h6,8H,3-4H2,1-2H3;1H. The maximum absolute atomic E-state index is 6.55. The first kappa shape index (κ1) is 11.6. The molecule has 0 amide bonds. The van der Waals surface area contributed by atoms with Gasteiger partial charge in [0.15, 0.2) is 5.79 Å². The molecule has 1 unspecified atom stereocenters. The Hall–Kier alpha value is -0.410. The molecule has 0 bridgehead atoms. The topological polar surface area (TPSA) is 54.7 Å². The molecular weight excluding hydrogens is 180 g/mol. The number of rotatable bonds is 2. The van der Waals surface area contributed by atoms with Crippen molar-refractivity contribution in [2.75, 3.05) is 13.2 Å². The lowest BCUT2D eigenvalue weighted by Gasteiger charge is -2.15. The summed E-state index contributed by atoms with van der Waals surface area (Å²) in [5.41, 5.74) is 0. The molecule has 0 aromatic carbocycles. The Bertz CT molecular complexity index is 190. The molecule has 0 aromatic rings. The van der Waals surface area contributed by atoms with Crippen LogP contribution in [0.1, 0.15) is 13.8 Å². The van der Waals surface area contributed by atoms with Crippen LogP contribution >= 0.6 is 12.4 Å². The maximum atomic E-state index is 6.55. The normalized spacial score (nSPS) is 25.7. The van der Waals surface area contributed by atoms with E-state index >= 15 is 0 Å². The Kier molecular flexibility index (Phi) is 4.42. The molecular formula is C7H13ClN2O2. The molecule has 0 spiro atoms. The fourth-order valence-corrected chi connectivity index (χ4v) is 1.00. The van der Waals surface area contributed by atoms with Crippen LogP contribution in [0.4, 0.5) is 0 Å². The molecule has 1 fully saturated rings. The predicted molar refractivity (Wildman–Crippen MR) is 47.2 cm³/mol. The number of aliphatic imine (C=N–C) groups is 1. The van der Waals surface area contributed by atoms with Gasteiger partial charge in [-0.25, -0.2) is 10.4 Å². The van der Waals surface area contributed by atoms with Crippen LogP contribution in [0.3, 0.4) is 0 Å². The molecule has 0 aliphatic carbocycles. The van der Waals surface area contributed by atoms with Gasteiger partial charge in [-0.3, -0.25) is 0 Å². The zero-order chi connectivity index (χ0) is 8.32. The summed E-state index contributed by atoms with van der Waals surface area (Å²) in [7, 11) is 0. The molecule has 4 nitrogen and oxygen atoms in total. The lowest BCUT2D eigenvalue weighted by molar-refractivity contribution is -0.137. The lowest BCUT2D eigenvalue weighted by Crippen LogP contribution is -2.22. The monoisotopic (exact) mass is 192 g/mol. The number of nitrogens with zero attached hydrogens (tertiary/aromatic N) is 1. The van der Waals surface area contributed by atoms with Crippen molar-refractivity contribution in [1.29, 1.82) is 5.41 Å². The van der Waals surface area contributed by atoms with Gasteiger partial charge in [-0.1, -0.05) is 0 Å². The Morgan fingerprint density at radius 3 is 2.75 bits per heavy atom. The molecule has 1 aliphatic heterocycles. The molecule has 1 heterocycles. The number of hydrogen-bond donors (Lipinski definition) is 1. The van der Waals surface area contributed by atoms with Gasteiger partial charge in [-0.15, -0.1) is 12.4 Å². The van der Waals surface area contributed by atoms with E-state index in [0.29, 0.717) is 13.2 Å². The highest BCUT2D eigenvalue weighted by Crippen LogP contribution is 2.21. The second-order valence-electron chi connectivity index (χ2n) is 2.90. The van der Waals surface area contributed by atoms with Gasteiger partial charge >= 0.3 is 0 Å². The van der Waals surface area contributed by atoms with Gasteiger partial charge in [0, 0.05) is 0 Å². The first-order chi connectivity index (χ1) is 5.14. The number of nitrogens with one attached hydrogen (secondary N) is 1. The minimum atomic E-state index is -0.484. The minimum absolute atomic E-state index is 0. The zero-order valence-electron chi connectivity index (χ0n) is 7.16. The Balaban J connectivity index is 0.00000121. The summed E-state index contributed by atoms with van der Waals surface area (Å²) in [4.78, 5) is 3.63. The molecule has 0 saturated carbocycles. The second-order valence-corrected chi connectivity index (χ2v) is 2.90. The average molecular weight is 193 g/mol. The van der Waals surface area contributed by atoms with Crippen molar-refractivity contribution in [2.45, 2.75) is 25.7 Å². The van der Waals surface area contributed by atoms with Crippen molar-refractivity contribution in [1.82, 2.24) is 0 Å². The average Bonchev–Trinajstić information content (AvgIpc) is 2.26. The molecule has 1 N–H and O–H groups in total. The van der Waals surface area contributed by atoms with Crippen molar-refractivity contribution in [3.05, 3.63) is 0 Å². The summed E-state index contributed by atoms with van der Waals surface area (Å²) in [6.07, 6.45) is -0.0113. The summed E-state index contributed by atoms with van der Waals surface area (Å²) < 4.78 is 10.7. The van der Waals surface area contributed by atoms with Crippen LogP contribution in [0, 0.1) is 5.41 Å². The Morgan fingerprint density at radius 1 is 1.67 bits per heavy atom. The maximum Gasteiger partial charge on any atom is 0.163 e. The van der Waals surface area contributed by atoms with Crippen LogP contribution in [0.25, 0.3) is 0 Å². The first-order valence-electron chi connectivity index (χ1n) is 3.54. The molecule has 70 valence electrons. The third kappa shape index (κ3) is 3.32. The molecule has 1 aliphatic rings. The van der Waals surface area contributed by atoms with Crippen LogP contribution < -0.4 is 0 Å². The SMILES string of the molecule is CC1(C)OCC(CN=C=N)O1.Cl. The van der Waals surface area contributed by atoms with E-state index in [4.69, 9.17) is 14.9 Å². The van der Waals surface area contributed by atoms with Crippen molar-refractivity contribution >= 4 is 18.4 Å². The minimum Gasteiger partial charge on any atom is -0.348 e. The van der Waals surface area contributed by atoms with Gasteiger partial charge < -0.3 is 9.47 Å². The van der Waals surface area contributed by atoms with Gasteiger partial charge in [0.25, 0.3) is 0 Å². The van der Waals surface area contributed by atoms with E-state index in [1.165, 1.54) is 0 Å². The van der Waals surface area contributed by atoms with Crippen LogP contribution in [0.5, 0.6) is 0 Å². The van der Waals surface area contributed by atoms with Gasteiger partial charge in [-0.2, -0.15) is 0 Å². The summed E-state index contributed by atoms with van der Waals surface area (Å²) in [6, 6.07) is 1.96. The quantitative estimate of drug-likeness (QED) is 0.671. The molecule has 1 saturated heterocycles. The highest BCUT2D eigenvalue weighted by atomic mass is 35.5. The highest BCUT2D eigenvalue weighted by Gasteiger charge is 2.32. The van der Waals surface area contributed by atoms with Gasteiger partial charge in [-0.05, 0) is 13.8 Å². The Morgan fingerprint density at radius 2 is 2.33 bits per heavy atom. The lowest BCUT2D eigenvalue weighted by atomic mass is 10.4. The van der Waals surface area contributed by atoms with Crippen molar-refractivity contribution < 1.29 is 9.47 Å². The summed E-state index contributed by atoms with van der Waals surface area (Å²) in [6.45, 7) is 4.74. The number of ether oxygens (including phenoxy) is 2. The third-order valence-electron chi connectivity index (χ3n) is 1.44. The van der Waals surface area contributed by atoms with Crippen molar-refractivity contribution in [2.24, 2.45) is 4.99 Å². The predicted octanol–water partition coefficient (Wildman–Crippen LogP) is 1.31. The molecule has 0 aromatic heterocycles. The summed E-state index contributed by atoms with van der Waals surface area (Å²) >= 11 is 0. The van der Waals surface area contributed by atoms with E-state index < -0.39 is 5.79 Å². The van der Waals surface area contributed by atoms with E-state index in [1.807, 2.05) is 19.9 Å². The summed E-state index contributed by atoms with van der Waals surface area (Å²) in [5, 5.41) is 6.55. The summed E-state index contributed by atoms with van der Waals surface area (Å²) in [5.74, 6) is -0.484. The Labute approximate surface area is 77.9 Å². The van der Waals surface area contributed by atoms with E-state index in [-0.39, 0.29) is 18.5 Å². The number of hydrogen-bond acceptors (Lipinski definition) is 4. The van der Waals surface area contributed by atoms with Crippen molar-refractivity contribution in [3.8, 4) is 0 Å². The molecule has 12 heavy (non-hydrogen) atoms. The number of halogens is 1. The van der Waals surface area contributed by atoms with Crippen LogP contribution in [0.2, 0.25) is 0 Å². The third-order valence-corrected chi connectivity index (χ3v) is 1.44. The van der Waals surface area contributed by atoms with Crippen LogP contribution in [-0.2, 0) is 9.47 Å². The zero-order valence-corrected chi connectivity index (χ0v) is 7.98. The van der Waals surface area contributed by atoms with Crippen molar-refractivity contribution in [3.63, 3.8) is 0 Å². The molecule has 5 heteroatoms. The van der Waals surface area contributed by atoms with Crippen LogP contribution in [0.15, 0.2) is 4.99 Å². The first-order valence-corrected chi connectivity index (χ1v) is 3.54. The van der Waals surface area contributed by atoms with Crippen LogP contribution in [-0.4, -0.2) is 31.1 Å². The fraction of sp³-hybridized carbons (Fsp3) is 0.857. The fourth-order valence-electron chi connectivity index (χ4n) is 1.00. The smallest absolute Gasteiger partial charge is 0.163 e.